The van der Waals surface area contributed by atoms with Crippen LogP contribution in [0.1, 0.15) is 48.9 Å². The lowest BCUT2D eigenvalue weighted by molar-refractivity contribution is -0.0680. The standard InChI is InChI=1S/C28H32N2O3/c1-21(23-12-14-25(15-13-23)24-10-8-22(20-29)9-11-24)30-18-17-28(16-5-19-31,33-27(30)32)26-6-3-2-4-7-26/h2-4,6-15,21,31H,5,16-20,29H2,1H3/t21-,28+/m0/s1. The van der Waals surface area contributed by atoms with Gasteiger partial charge in [-0.25, -0.2) is 4.79 Å². The third kappa shape index (κ3) is 4.95. The van der Waals surface area contributed by atoms with Crippen molar-refractivity contribution in [3.05, 3.63) is 95.6 Å². The number of nitrogens with zero attached hydrogens (tertiary/aromatic N) is 1. The van der Waals surface area contributed by atoms with Crippen LogP contribution in [0.3, 0.4) is 0 Å². The first-order valence-electron chi connectivity index (χ1n) is 11.6. The largest absolute Gasteiger partial charge is 0.438 e. The number of carbonyl (C=O) groups is 1. The number of hydrogen-bond acceptors (Lipinski definition) is 4. The van der Waals surface area contributed by atoms with E-state index in [9.17, 15) is 9.90 Å². The van der Waals surface area contributed by atoms with Gasteiger partial charge >= 0.3 is 6.09 Å². The number of aliphatic hydroxyl groups is 1. The van der Waals surface area contributed by atoms with Gasteiger partial charge in [0.1, 0.15) is 5.60 Å². The molecule has 0 bridgehead atoms. The minimum atomic E-state index is -0.684. The molecule has 5 heteroatoms. The highest BCUT2D eigenvalue weighted by Crippen LogP contribution is 2.40. The molecule has 1 aliphatic heterocycles. The molecule has 33 heavy (non-hydrogen) atoms. The number of benzene rings is 3. The van der Waals surface area contributed by atoms with Crippen LogP contribution >= 0.6 is 0 Å². The van der Waals surface area contributed by atoms with Crippen LogP contribution in [-0.2, 0) is 16.9 Å². The quantitative estimate of drug-likeness (QED) is 0.489. The molecule has 172 valence electrons. The predicted molar refractivity (Wildman–Crippen MR) is 130 cm³/mol. The number of ether oxygens (including phenoxy) is 1. The lowest BCUT2D eigenvalue weighted by atomic mass is 9.84. The zero-order valence-electron chi connectivity index (χ0n) is 19.1. The van der Waals surface area contributed by atoms with E-state index in [1.165, 1.54) is 0 Å². The Hall–Kier alpha value is -3.15. The number of hydrogen-bond donors (Lipinski definition) is 2. The van der Waals surface area contributed by atoms with Crippen molar-refractivity contribution in [2.75, 3.05) is 13.2 Å². The molecular weight excluding hydrogens is 412 g/mol. The molecule has 1 heterocycles. The molecule has 1 saturated heterocycles. The smallest absolute Gasteiger partial charge is 0.411 e. The fourth-order valence-electron chi connectivity index (χ4n) is 4.62. The summed E-state index contributed by atoms with van der Waals surface area (Å²) >= 11 is 0. The van der Waals surface area contributed by atoms with Crippen molar-refractivity contribution < 1.29 is 14.6 Å². The lowest BCUT2D eigenvalue weighted by Gasteiger charge is -2.43. The monoisotopic (exact) mass is 444 g/mol. The highest BCUT2D eigenvalue weighted by molar-refractivity contribution is 5.70. The van der Waals surface area contributed by atoms with E-state index in [1.807, 2.05) is 49.4 Å². The number of rotatable bonds is 8. The number of amides is 1. The molecule has 0 aliphatic carbocycles. The Balaban J connectivity index is 1.49. The van der Waals surface area contributed by atoms with Gasteiger partial charge in [0, 0.05) is 26.1 Å². The second-order valence-corrected chi connectivity index (χ2v) is 8.70. The van der Waals surface area contributed by atoms with Crippen molar-refractivity contribution in [2.24, 2.45) is 5.73 Å². The number of nitrogens with two attached hydrogens (primary N) is 1. The van der Waals surface area contributed by atoms with Gasteiger partial charge in [0.15, 0.2) is 0 Å². The summed E-state index contributed by atoms with van der Waals surface area (Å²) in [7, 11) is 0. The molecule has 5 nitrogen and oxygen atoms in total. The fourth-order valence-corrected chi connectivity index (χ4v) is 4.62. The van der Waals surface area contributed by atoms with Crippen LogP contribution in [0.2, 0.25) is 0 Å². The summed E-state index contributed by atoms with van der Waals surface area (Å²) in [5.41, 5.74) is 10.4. The van der Waals surface area contributed by atoms with Crippen molar-refractivity contribution in [3.63, 3.8) is 0 Å². The normalized spacial score (nSPS) is 19.2. The maximum Gasteiger partial charge on any atom is 0.411 e. The summed E-state index contributed by atoms with van der Waals surface area (Å²) in [5.74, 6) is 0. The average molecular weight is 445 g/mol. The van der Waals surface area contributed by atoms with Gasteiger partial charge in [-0.2, -0.15) is 0 Å². The van der Waals surface area contributed by atoms with Gasteiger partial charge in [-0.15, -0.1) is 0 Å². The SMILES string of the molecule is C[C@@H](c1ccc(-c2ccc(CN)cc2)cc1)N1CC[C@](CCCO)(c2ccccc2)OC1=O. The number of cyclic esters (lactones) is 1. The van der Waals surface area contributed by atoms with E-state index in [1.54, 1.807) is 4.90 Å². The summed E-state index contributed by atoms with van der Waals surface area (Å²) < 4.78 is 6.10. The molecule has 1 amide bonds. The van der Waals surface area contributed by atoms with Gasteiger partial charge < -0.3 is 20.5 Å². The van der Waals surface area contributed by atoms with Crippen LogP contribution in [0.4, 0.5) is 4.79 Å². The molecule has 1 aliphatic rings. The summed E-state index contributed by atoms with van der Waals surface area (Å²) in [4.78, 5) is 14.9. The van der Waals surface area contributed by atoms with Gasteiger partial charge in [-0.05, 0) is 47.6 Å². The van der Waals surface area contributed by atoms with Crippen LogP contribution in [0.15, 0.2) is 78.9 Å². The Bertz CT molecular complexity index is 1050. The summed E-state index contributed by atoms with van der Waals surface area (Å²) in [6, 6.07) is 26.4. The zero-order chi connectivity index (χ0) is 23.3. The van der Waals surface area contributed by atoms with E-state index in [0.717, 1.165) is 27.8 Å². The molecule has 1 fully saturated rings. The molecule has 0 radical (unpaired) electrons. The van der Waals surface area contributed by atoms with E-state index in [2.05, 4.69) is 36.4 Å². The number of carbonyl (C=O) groups excluding carboxylic acids is 1. The van der Waals surface area contributed by atoms with Crippen molar-refractivity contribution in [1.82, 2.24) is 4.90 Å². The first-order chi connectivity index (χ1) is 16.1. The van der Waals surface area contributed by atoms with E-state index in [-0.39, 0.29) is 18.7 Å². The third-order valence-corrected chi connectivity index (χ3v) is 6.70. The molecule has 0 aromatic heterocycles. The van der Waals surface area contributed by atoms with Crippen LogP contribution in [0, 0.1) is 0 Å². The Labute approximate surface area is 195 Å². The fraction of sp³-hybridized carbons (Fsp3) is 0.321. The molecule has 3 aromatic rings. The Kier molecular flexibility index (Phi) is 7.11. The van der Waals surface area contributed by atoms with Crippen molar-refractivity contribution in [2.45, 2.75) is 44.4 Å². The first-order valence-corrected chi connectivity index (χ1v) is 11.6. The molecule has 0 saturated carbocycles. The van der Waals surface area contributed by atoms with Crippen LogP contribution < -0.4 is 5.73 Å². The highest BCUT2D eigenvalue weighted by atomic mass is 16.6. The topological polar surface area (TPSA) is 75.8 Å². The summed E-state index contributed by atoms with van der Waals surface area (Å²) in [5, 5.41) is 9.39. The highest BCUT2D eigenvalue weighted by Gasteiger charge is 2.43. The van der Waals surface area contributed by atoms with Gasteiger partial charge in [0.25, 0.3) is 0 Å². The molecule has 0 unspecified atom stereocenters. The average Bonchev–Trinajstić information content (AvgIpc) is 2.88. The molecule has 3 aromatic carbocycles. The molecule has 4 rings (SSSR count). The second kappa shape index (κ2) is 10.2. The molecular formula is C28H32N2O3. The maximum absolute atomic E-state index is 13.1. The first kappa shape index (κ1) is 23.0. The van der Waals surface area contributed by atoms with Gasteiger partial charge in [-0.3, -0.25) is 0 Å². The van der Waals surface area contributed by atoms with E-state index < -0.39 is 5.60 Å². The van der Waals surface area contributed by atoms with Crippen molar-refractivity contribution in [3.8, 4) is 11.1 Å². The van der Waals surface area contributed by atoms with Crippen LogP contribution in [0.25, 0.3) is 11.1 Å². The predicted octanol–water partition coefficient (Wildman–Crippen LogP) is 5.38. The molecule has 0 spiro atoms. The van der Waals surface area contributed by atoms with Crippen LogP contribution in [0.5, 0.6) is 0 Å². The van der Waals surface area contributed by atoms with Gasteiger partial charge in [-0.1, -0.05) is 78.9 Å². The summed E-state index contributed by atoms with van der Waals surface area (Å²) in [6.45, 7) is 3.25. The minimum absolute atomic E-state index is 0.0769. The number of aliphatic hydroxyl groups excluding tert-OH is 1. The van der Waals surface area contributed by atoms with Gasteiger partial charge in [0.05, 0.1) is 6.04 Å². The lowest BCUT2D eigenvalue weighted by Crippen LogP contribution is -2.48. The maximum atomic E-state index is 13.1. The van der Waals surface area contributed by atoms with Gasteiger partial charge in [0.2, 0.25) is 0 Å². The van der Waals surface area contributed by atoms with Crippen molar-refractivity contribution >= 4 is 6.09 Å². The summed E-state index contributed by atoms with van der Waals surface area (Å²) in [6.07, 6.45) is 1.58. The Morgan fingerprint density at radius 3 is 2.21 bits per heavy atom. The minimum Gasteiger partial charge on any atom is -0.438 e. The Morgan fingerprint density at radius 2 is 1.64 bits per heavy atom. The third-order valence-electron chi connectivity index (χ3n) is 6.70. The molecule has 2 atom stereocenters. The second-order valence-electron chi connectivity index (χ2n) is 8.70. The van der Waals surface area contributed by atoms with E-state index >= 15 is 0 Å². The zero-order valence-corrected chi connectivity index (χ0v) is 19.1. The van der Waals surface area contributed by atoms with Crippen molar-refractivity contribution in [1.29, 1.82) is 0 Å². The van der Waals surface area contributed by atoms with E-state index in [4.69, 9.17) is 10.5 Å². The Morgan fingerprint density at radius 1 is 1.00 bits per heavy atom. The van der Waals surface area contributed by atoms with Crippen LogP contribution in [-0.4, -0.2) is 29.3 Å². The molecule has 3 N–H and O–H groups in total. The van der Waals surface area contributed by atoms with E-state index in [0.29, 0.717) is 32.4 Å².